The number of phenolic OH excluding ortho intramolecular Hbond substituents is 1. The largest absolute Gasteiger partial charge is 0.508 e. The molecule has 0 radical (unpaired) electrons. The first-order valence-corrected chi connectivity index (χ1v) is 6.68. The van der Waals surface area contributed by atoms with Crippen LogP contribution in [-0.4, -0.2) is 11.0 Å². The molecule has 0 bridgehead atoms. The van der Waals surface area contributed by atoms with Crippen molar-refractivity contribution >= 4 is 23.2 Å². The third kappa shape index (κ3) is 3.52. The van der Waals surface area contributed by atoms with E-state index in [9.17, 15) is 9.90 Å². The molecule has 0 fully saturated rings. The average Bonchev–Trinajstić information content (AvgIpc) is 2.39. The van der Waals surface area contributed by atoms with Crippen LogP contribution >= 0.6 is 11.6 Å². The smallest absolute Gasteiger partial charge is 0.228 e. The van der Waals surface area contributed by atoms with E-state index in [-0.39, 0.29) is 18.1 Å². The van der Waals surface area contributed by atoms with Crippen LogP contribution in [0.15, 0.2) is 36.4 Å². The molecule has 104 valence electrons. The van der Waals surface area contributed by atoms with Gasteiger partial charge in [-0.25, -0.2) is 0 Å². The Morgan fingerprint density at radius 2 is 1.80 bits per heavy atom. The molecule has 0 unspecified atom stereocenters. The van der Waals surface area contributed by atoms with Crippen LogP contribution in [-0.2, 0) is 11.2 Å². The topological polar surface area (TPSA) is 49.3 Å². The predicted molar refractivity (Wildman–Crippen MR) is 81.4 cm³/mol. The first-order valence-electron chi connectivity index (χ1n) is 6.30. The Morgan fingerprint density at radius 1 is 1.15 bits per heavy atom. The van der Waals surface area contributed by atoms with Gasteiger partial charge in [0.25, 0.3) is 0 Å². The zero-order chi connectivity index (χ0) is 14.7. The van der Waals surface area contributed by atoms with Crippen molar-refractivity contribution in [3.63, 3.8) is 0 Å². The van der Waals surface area contributed by atoms with Crippen LogP contribution in [0.1, 0.15) is 16.7 Å². The van der Waals surface area contributed by atoms with E-state index < -0.39 is 0 Å². The van der Waals surface area contributed by atoms with E-state index in [0.717, 1.165) is 22.4 Å². The second-order valence-electron chi connectivity index (χ2n) is 4.81. The Kier molecular flexibility index (Phi) is 4.30. The molecule has 1 amide bonds. The molecule has 0 saturated heterocycles. The summed E-state index contributed by atoms with van der Waals surface area (Å²) in [7, 11) is 0. The highest BCUT2D eigenvalue weighted by Gasteiger charge is 2.08. The number of phenols is 1. The van der Waals surface area contributed by atoms with Gasteiger partial charge in [0.2, 0.25) is 5.91 Å². The zero-order valence-electron chi connectivity index (χ0n) is 11.4. The molecule has 0 heterocycles. The standard InChI is InChI=1S/C16H16ClNO2/c1-10-8-15(19)11(2)7-14(10)18-16(20)9-12-3-5-13(17)6-4-12/h3-8,19H,9H2,1-2H3,(H,18,20). The molecule has 4 heteroatoms. The molecular weight excluding hydrogens is 274 g/mol. The van der Waals surface area contributed by atoms with Gasteiger partial charge in [-0.05, 0) is 54.8 Å². The third-order valence-electron chi connectivity index (χ3n) is 3.09. The van der Waals surface area contributed by atoms with Crippen molar-refractivity contribution in [3.8, 4) is 5.75 Å². The summed E-state index contributed by atoms with van der Waals surface area (Å²) in [5, 5.41) is 13.1. The Bertz CT molecular complexity index is 636. The molecule has 0 aliphatic heterocycles. The Hall–Kier alpha value is -2.00. The maximum absolute atomic E-state index is 12.0. The predicted octanol–water partition coefficient (Wildman–Crippen LogP) is 3.84. The zero-order valence-corrected chi connectivity index (χ0v) is 12.2. The molecule has 2 aromatic rings. The van der Waals surface area contributed by atoms with Crippen LogP contribution in [0.2, 0.25) is 5.02 Å². The van der Waals surface area contributed by atoms with Gasteiger partial charge in [-0.1, -0.05) is 23.7 Å². The summed E-state index contributed by atoms with van der Waals surface area (Å²) >= 11 is 5.81. The Morgan fingerprint density at radius 3 is 2.45 bits per heavy atom. The summed E-state index contributed by atoms with van der Waals surface area (Å²) in [5.41, 5.74) is 3.19. The summed E-state index contributed by atoms with van der Waals surface area (Å²) in [6, 6.07) is 10.6. The number of nitrogens with one attached hydrogen (secondary N) is 1. The number of carbonyl (C=O) groups excluding carboxylic acids is 1. The average molecular weight is 290 g/mol. The summed E-state index contributed by atoms with van der Waals surface area (Å²) < 4.78 is 0. The van der Waals surface area contributed by atoms with Crippen LogP contribution < -0.4 is 5.32 Å². The molecule has 0 spiro atoms. The van der Waals surface area contributed by atoms with Crippen LogP contribution in [0, 0.1) is 13.8 Å². The van der Waals surface area contributed by atoms with Gasteiger partial charge in [-0.15, -0.1) is 0 Å². The van der Waals surface area contributed by atoms with Gasteiger partial charge >= 0.3 is 0 Å². The van der Waals surface area contributed by atoms with Gasteiger partial charge in [0.05, 0.1) is 6.42 Å². The lowest BCUT2D eigenvalue weighted by atomic mass is 10.1. The van der Waals surface area contributed by atoms with E-state index in [0.29, 0.717) is 5.02 Å². The first-order chi connectivity index (χ1) is 9.45. The van der Waals surface area contributed by atoms with E-state index in [1.165, 1.54) is 0 Å². The van der Waals surface area contributed by atoms with Crippen molar-refractivity contribution in [2.45, 2.75) is 20.3 Å². The quantitative estimate of drug-likeness (QED) is 0.843. The molecule has 20 heavy (non-hydrogen) atoms. The molecule has 0 atom stereocenters. The molecule has 0 aromatic heterocycles. The van der Waals surface area contributed by atoms with Gasteiger partial charge in [0, 0.05) is 10.7 Å². The monoisotopic (exact) mass is 289 g/mol. The van der Waals surface area contributed by atoms with Crippen molar-refractivity contribution < 1.29 is 9.90 Å². The van der Waals surface area contributed by atoms with E-state index in [1.54, 1.807) is 31.2 Å². The SMILES string of the molecule is Cc1cc(NC(=O)Cc2ccc(Cl)cc2)c(C)cc1O. The maximum atomic E-state index is 12.0. The second kappa shape index (κ2) is 5.97. The van der Waals surface area contributed by atoms with Crippen molar-refractivity contribution in [2.24, 2.45) is 0 Å². The highest BCUT2D eigenvalue weighted by atomic mass is 35.5. The van der Waals surface area contributed by atoms with E-state index in [4.69, 9.17) is 11.6 Å². The fourth-order valence-electron chi connectivity index (χ4n) is 1.92. The highest BCUT2D eigenvalue weighted by molar-refractivity contribution is 6.30. The number of hydrogen-bond acceptors (Lipinski definition) is 2. The summed E-state index contributed by atoms with van der Waals surface area (Å²) in [4.78, 5) is 12.0. The fourth-order valence-corrected chi connectivity index (χ4v) is 2.04. The van der Waals surface area contributed by atoms with Crippen molar-refractivity contribution in [1.82, 2.24) is 0 Å². The number of hydrogen-bond donors (Lipinski definition) is 2. The van der Waals surface area contributed by atoms with E-state index in [1.807, 2.05) is 19.1 Å². The summed E-state index contributed by atoms with van der Waals surface area (Å²) in [6.07, 6.45) is 0.288. The van der Waals surface area contributed by atoms with E-state index in [2.05, 4.69) is 5.32 Å². The van der Waals surface area contributed by atoms with Crippen molar-refractivity contribution in [1.29, 1.82) is 0 Å². The van der Waals surface area contributed by atoms with Crippen molar-refractivity contribution in [2.75, 3.05) is 5.32 Å². The maximum Gasteiger partial charge on any atom is 0.228 e. The first kappa shape index (κ1) is 14.4. The normalized spacial score (nSPS) is 10.3. The lowest BCUT2D eigenvalue weighted by Gasteiger charge is -2.10. The van der Waals surface area contributed by atoms with Crippen LogP contribution in [0.25, 0.3) is 0 Å². The molecule has 3 nitrogen and oxygen atoms in total. The minimum absolute atomic E-state index is 0.0967. The van der Waals surface area contributed by atoms with E-state index >= 15 is 0 Å². The summed E-state index contributed by atoms with van der Waals surface area (Å²) in [5.74, 6) is 0.138. The number of aryl methyl sites for hydroxylation is 2. The van der Waals surface area contributed by atoms with Gasteiger partial charge in [0.1, 0.15) is 5.75 Å². The summed E-state index contributed by atoms with van der Waals surface area (Å²) in [6.45, 7) is 3.64. The highest BCUT2D eigenvalue weighted by Crippen LogP contribution is 2.25. The number of amides is 1. The molecule has 0 aliphatic rings. The fraction of sp³-hybridized carbons (Fsp3) is 0.188. The van der Waals surface area contributed by atoms with Gasteiger partial charge < -0.3 is 10.4 Å². The van der Waals surface area contributed by atoms with Gasteiger partial charge in [0.15, 0.2) is 0 Å². The number of benzene rings is 2. The second-order valence-corrected chi connectivity index (χ2v) is 5.24. The van der Waals surface area contributed by atoms with Crippen LogP contribution in [0.3, 0.4) is 0 Å². The molecular formula is C16H16ClNO2. The number of carbonyl (C=O) groups is 1. The molecule has 2 N–H and O–H groups in total. The number of halogens is 1. The molecule has 2 rings (SSSR count). The number of aromatic hydroxyl groups is 1. The minimum Gasteiger partial charge on any atom is -0.508 e. The van der Waals surface area contributed by atoms with Crippen LogP contribution in [0.4, 0.5) is 5.69 Å². The van der Waals surface area contributed by atoms with Crippen molar-refractivity contribution in [3.05, 3.63) is 58.1 Å². The Balaban J connectivity index is 2.08. The number of anilines is 1. The van der Waals surface area contributed by atoms with Gasteiger partial charge in [-0.3, -0.25) is 4.79 Å². The Labute approximate surface area is 123 Å². The van der Waals surface area contributed by atoms with Crippen LogP contribution in [0.5, 0.6) is 5.75 Å². The molecule has 2 aromatic carbocycles. The third-order valence-corrected chi connectivity index (χ3v) is 3.35. The minimum atomic E-state index is -0.0967. The lowest BCUT2D eigenvalue weighted by molar-refractivity contribution is -0.115. The molecule has 0 aliphatic carbocycles. The lowest BCUT2D eigenvalue weighted by Crippen LogP contribution is -2.15. The number of rotatable bonds is 3. The molecule has 0 saturated carbocycles. The van der Waals surface area contributed by atoms with Gasteiger partial charge in [-0.2, -0.15) is 0 Å².